The fourth-order valence-corrected chi connectivity index (χ4v) is 2.38. The van der Waals surface area contributed by atoms with E-state index >= 15 is 0 Å². The van der Waals surface area contributed by atoms with Crippen LogP contribution in [0.5, 0.6) is 5.75 Å². The summed E-state index contributed by atoms with van der Waals surface area (Å²) in [6.45, 7) is 0. The van der Waals surface area contributed by atoms with Gasteiger partial charge in [0, 0.05) is 26.7 Å². The number of nitrogens with zero attached hydrogens (tertiary/aromatic N) is 1. The first kappa shape index (κ1) is 10.5. The lowest BCUT2D eigenvalue weighted by Crippen LogP contribution is -1.77. The first-order valence-corrected chi connectivity index (χ1v) is 5.93. The molecule has 1 N–H and O–H groups in total. The molecule has 2 aromatic rings. The number of phenolic OH excluding ortho intramolecular Hbond substituents is 1. The quantitative estimate of drug-likeness (QED) is 0.911. The Balaban J connectivity index is 2.22. The number of aromatic nitrogens is 1. The van der Waals surface area contributed by atoms with E-state index in [-0.39, 0.29) is 5.75 Å². The second kappa shape index (κ2) is 4.68. The summed E-state index contributed by atoms with van der Waals surface area (Å²) in [7, 11) is 0. The van der Waals surface area contributed by atoms with Crippen LogP contribution in [0.3, 0.4) is 0 Å². The zero-order valence-corrected chi connectivity index (χ0v) is 10.1. The number of pyridine rings is 1. The van der Waals surface area contributed by atoms with Gasteiger partial charge in [0.2, 0.25) is 0 Å². The van der Waals surface area contributed by atoms with Gasteiger partial charge in [0.05, 0.1) is 0 Å². The van der Waals surface area contributed by atoms with Crippen LogP contribution in [0.4, 0.5) is 0 Å². The maximum absolute atomic E-state index is 9.15. The Bertz CT molecular complexity index is 458. The van der Waals surface area contributed by atoms with E-state index in [0.717, 1.165) is 14.3 Å². The van der Waals surface area contributed by atoms with Crippen molar-refractivity contribution in [2.75, 3.05) is 0 Å². The molecule has 0 aliphatic heterocycles. The predicted octanol–water partition coefficient (Wildman–Crippen LogP) is 3.70. The van der Waals surface area contributed by atoms with Gasteiger partial charge in [-0.15, -0.1) is 0 Å². The second-order valence-electron chi connectivity index (χ2n) is 2.90. The van der Waals surface area contributed by atoms with Crippen LogP contribution in [-0.2, 0) is 0 Å². The van der Waals surface area contributed by atoms with E-state index in [1.165, 1.54) is 0 Å². The Morgan fingerprint density at radius 1 is 1.13 bits per heavy atom. The highest BCUT2D eigenvalue weighted by Gasteiger charge is 2.01. The number of phenols is 1. The first-order chi connectivity index (χ1) is 7.25. The largest absolute Gasteiger partial charge is 0.508 e. The molecule has 0 bridgehead atoms. The monoisotopic (exact) mass is 281 g/mol. The minimum Gasteiger partial charge on any atom is -0.508 e. The zero-order chi connectivity index (χ0) is 10.7. The number of benzene rings is 1. The maximum Gasteiger partial charge on any atom is 0.115 e. The van der Waals surface area contributed by atoms with Crippen LogP contribution in [0.15, 0.2) is 57.0 Å². The summed E-state index contributed by atoms with van der Waals surface area (Å²) in [4.78, 5) is 6.19. The maximum atomic E-state index is 9.15. The molecule has 2 nitrogen and oxygen atoms in total. The van der Waals surface area contributed by atoms with Crippen LogP contribution in [0, 0.1) is 0 Å². The van der Waals surface area contributed by atoms with Gasteiger partial charge in [-0.2, -0.15) is 0 Å². The minimum absolute atomic E-state index is 0.285. The summed E-state index contributed by atoms with van der Waals surface area (Å²) >= 11 is 5.06. The van der Waals surface area contributed by atoms with Gasteiger partial charge in [-0.05, 0) is 46.3 Å². The predicted molar refractivity (Wildman–Crippen MR) is 64.2 cm³/mol. The van der Waals surface area contributed by atoms with Gasteiger partial charge in [0.15, 0.2) is 0 Å². The van der Waals surface area contributed by atoms with E-state index in [4.69, 9.17) is 5.11 Å². The SMILES string of the molecule is Oc1ccc(Sc2ccncc2Br)cc1. The van der Waals surface area contributed by atoms with E-state index in [1.54, 1.807) is 36.3 Å². The summed E-state index contributed by atoms with van der Waals surface area (Å²) < 4.78 is 0.975. The van der Waals surface area contributed by atoms with Crippen molar-refractivity contribution in [2.24, 2.45) is 0 Å². The lowest BCUT2D eigenvalue weighted by molar-refractivity contribution is 0.475. The van der Waals surface area contributed by atoms with E-state index < -0.39 is 0 Å². The molecule has 76 valence electrons. The number of hydrogen-bond acceptors (Lipinski definition) is 3. The van der Waals surface area contributed by atoms with Crippen molar-refractivity contribution in [3.8, 4) is 5.75 Å². The molecule has 0 saturated carbocycles. The van der Waals surface area contributed by atoms with E-state index in [0.29, 0.717) is 0 Å². The molecule has 0 amide bonds. The third kappa shape index (κ3) is 2.73. The van der Waals surface area contributed by atoms with Gasteiger partial charge in [-0.3, -0.25) is 4.98 Å². The summed E-state index contributed by atoms with van der Waals surface area (Å²) in [6, 6.07) is 9.07. The average Bonchev–Trinajstić information content (AvgIpc) is 2.25. The normalized spacial score (nSPS) is 10.2. The van der Waals surface area contributed by atoms with Gasteiger partial charge >= 0.3 is 0 Å². The highest BCUT2D eigenvalue weighted by atomic mass is 79.9. The molecule has 0 fully saturated rings. The van der Waals surface area contributed by atoms with Crippen LogP contribution in [-0.4, -0.2) is 10.1 Å². The Hall–Kier alpha value is -1.00. The van der Waals surface area contributed by atoms with Gasteiger partial charge < -0.3 is 5.11 Å². The fraction of sp³-hybridized carbons (Fsp3) is 0. The number of rotatable bonds is 2. The van der Waals surface area contributed by atoms with Crippen molar-refractivity contribution < 1.29 is 5.11 Å². The van der Waals surface area contributed by atoms with Crippen molar-refractivity contribution >= 4 is 27.7 Å². The van der Waals surface area contributed by atoms with E-state index in [2.05, 4.69) is 20.9 Å². The molecule has 1 aromatic carbocycles. The lowest BCUT2D eigenvalue weighted by Gasteiger charge is -2.03. The second-order valence-corrected chi connectivity index (χ2v) is 4.87. The van der Waals surface area contributed by atoms with Crippen molar-refractivity contribution in [1.82, 2.24) is 4.98 Å². The molecule has 0 saturated heterocycles. The summed E-state index contributed by atoms with van der Waals surface area (Å²) in [6.07, 6.45) is 3.52. The molecule has 15 heavy (non-hydrogen) atoms. The van der Waals surface area contributed by atoms with Crippen LogP contribution in [0.1, 0.15) is 0 Å². The Morgan fingerprint density at radius 3 is 2.53 bits per heavy atom. The molecule has 4 heteroatoms. The first-order valence-electron chi connectivity index (χ1n) is 4.32. The molecule has 0 aliphatic carbocycles. The fourth-order valence-electron chi connectivity index (χ4n) is 1.09. The average molecular weight is 282 g/mol. The number of aromatic hydroxyl groups is 1. The molecular weight excluding hydrogens is 274 g/mol. The molecule has 2 rings (SSSR count). The van der Waals surface area contributed by atoms with Crippen LogP contribution in [0.25, 0.3) is 0 Å². The topological polar surface area (TPSA) is 33.1 Å². The standard InChI is InChI=1S/C11H8BrNOS/c12-10-7-13-6-5-11(10)15-9-3-1-8(14)2-4-9/h1-7,14H. The zero-order valence-electron chi connectivity index (χ0n) is 7.72. The molecular formula is C11H8BrNOS. The Morgan fingerprint density at radius 2 is 1.87 bits per heavy atom. The van der Waals surface area contributed by atoms with Gasteiger partial charge in [0.1, 0.15) is 5.75 Å². The van der Waals surface area contributed by atoms with Gasteiger partial charge in [-0.25, -0.2) is 0 Å². The van der Waals surface area contributed by atoms with E-state index in [9.17, 15) is 0 Å². The number of halogens is 1. The van der Waals surface area contributed by atoms with Gasteiger partial charge in [0.25, 0.3) is 0 Å². The summed E-state index contributed by atoms with van der Waals surface area (Å²) in [5.74, 6) is 0.285. The van der Waals surface area contributed by atoms with Crippen LogP contribution < -0.4 is 0 Å². The summed E-state index contributed by atoms with van der Waals surface area (Å²) in [5.41, 5.74) is 0. The Kier molecular flexibility index (Phi) is 3.28. The van der Waals surface area contributed by atoms with Crippen molar-refractivity contribution in [3.63, 3.8) is 0 Å². The third-order valence-electron chi connectivity index (χ3n) is 1.80. The highest BCUT2D eigenvalue weighted by molar-refractivity contribution is 9.10. The lowest BCUT2D eigenvalue weighted by atomic mass is 10.3. The highest BCUT2D eigenvalue weighted by Crippen LogP contribution is 2.33. The van der Waals surface area contributed by atoms with Gasteiger partial charge in [-0.1, -0.05) is 11.8 Å². The minimum atomic E-state index is 0.285. The smallest absolute Gasteiger partial charge is 0.115 e. The van der Waals surface area contributed by atoms with Crippen LogP contribution in [0.2, 0.25) is 0 Å². The molecule has 1 heterocycles. The molecule has 0 atom stereocenters. The molecule has 0 unspecified atom stereocenters. The molecule has 0 spiro atoms. The number of hydrogen-bond donors (Lipinski definition) is 1. The van der Waals surface area contributed by atoms with Crippen LogP contribution >= 0.6 is 27.7 Å². The summed E-state index contributed by atoms with van der Waals surface area (Å²) in [5, 5.41) is 9.15. The van der Waals surface area contributed by atoms with Crippen molar-refractivity contribution in [2.45, 2.75) is 9.79 Å². The molecule has 0 radical (unpaired) electrons. The molecule has 1 aromatic heterocycles. The third-order valence-corrected chi connectivity index (χ3v) is 3.78. The van der Waals surface area contributed by atoms with Crippen molar-refractivity contribution in [3.05, 3.63) is 47.2 Å². The van der Waals surface area contributed by atoms with Crippen molar-refractivity contribution in [1.29, 1.82) is 0 Å². The molecule has 0 aliphatic rings. The van der Waals surface area contributed by atoms with E-state index in [1.807, 2.05) is 18.2 Å². The Labute approximate surface area is 100 Å².